The standard InChI is InChI=1S/C7H8F3NO3/c1-4(7(8,9)10)13-6-2-5(3-12)14-11-6/h2,4,12H,3H2,1H3/t4-/m0/s1. The molecule has 0 saturated carbocycles. The van der Waals surface area contributed by atoms with E-state index in [4.69, 9.17) is 5.11 Å². The highest BCUT2D eigenvalue weighted by Crippen LogP contribution is 2.24. The van der Waals surface area contributed by atoms with Crippen molar-refractivity contribution in [1.82, 2.24) is 5.16 Å². The average Bonchev–Trinajstić information content (AvgIpc) is 2.50. The number of aromatic nitrogens is 1. The van der Waals surface area contributed by atoms with Crippen LogP contribution in [-0.4, -0.2) is 22.5 Å². The summed E-state index contributed by atoms with van der Waals surface area (Å²) in [5.74, 6) is -0.242. The molecular weight excluding hydrogens is 203 g/mol. The SMILES string of the molecule is C[C@H](Oc1cc(CO)on1)C(F)(F)F. The zero-order chi connectivity index (χ0) is 10.8. The first-order valence-electron chi connectivity index (χ1n) is 3.73. The Labute approximate surface area is 77.3 Å². The van der Waals surface area contributed by atoms with E-state index in [1.54, 1.807) is 0 Å². The summed E-state index contributed by atoms with van der Waals surface area (Å²) in [5, 5.41) is 11.7. The van der Waals surface area contributed by atoms with Crippen LogP contribution in [0.4, 0.5) is 13.2 Å². The van der Waals surface area contributed by atoms with Crippen LogP contribution in [-0.2, 0) is 6.61 Å². The first-order chi connectivity index (χ1) is 6.43. The van der Waals surface area contributed by atoms with Crippen molar-refractivity contribution in [2.24, 2.45) is 0 Å². The van der Waals surface area contributed by atoms with Crippen molar-refractivity contribution in [2.45, 2.75) is 25.8 Å². The molecule has 0 aromatic carbocycles. The molecule has 0 saturated heterocycles. The smallest absolute Gasteiger partial charge is 0.425 e. The van der Waals surface area contributed by atoms with Crippen LogP contribution in [0.2, 0.25) is 0 Å². The molecule has 0 amide bonds. The highest BCUT2D eigenvalue weighted by atomic mass is 19.4. The van der Waals surface area contributed by atoms with Gasteiger partial charge in [-0.15, -0.1) is 0 Å². The number of nitrogens with zero attached hydrogens (tertiary/aromatic N) is 1. The molecule has 4 nitrogen and oxygen atoms in total. The number of hydrogen-bond donors (Lipinski definition) is 1. The monoisotopic (exact) mass is 211 g/mol. The molecule has 1 N–H and O–H groups in total. The van der Waals surface area contributed by atoms with E-state index in [-0.39, 0.29) is 11.6 Å². The van der Waals surface area contributed by atoms with Crippen molar-refractivity contribution in [1.29, 1.82) is 0 Å². The molecule has 0 bridgehead atoms. The highest BCUT2D eigenvalue weighted by Gasteiger charge is 2.38. The van der Waals surface area contributed by atoms with Gasteiger partial charge >= 0.3 is 6.18 Å². The molecule has 0 fully saturated rings. The first-order valence-corrected chi connectivity index (χ1v) is 3.73. The summed E-state index contributed by atoms with van der Waals surface area (Å²) in [7, 11) is 0. The molecule has 0 unspecified atom stereocenters. The molecule has 1 heterocycles. The number of aliphatic hydroxyl groups excluding tert-OH is 1. The van der Waals surface area contributed by atoms with Gasteiger partial charge < -0.3 is 14.4 Å². The maximum atomic E-state index is 12.0. The van der Waals surface area contributed by atoms with Gasteiger partial charge in [-0.05, 0) is 12.1 Å². The normalized spacial score (nSPS) is 14.1. The molecule has 0 aliphatic rings. The van der Waals surface area contributed by atoms with Crippen molar-refractivity contribution < 1.29 is 27.5 Å². The van der Waals surface area contributed by atoms with Gasteiger partial charge in [0.1, 0.15) is 6.61 Å². The van der Waals surface area contributed by atoms with Crippen LogP contribution in [0.5, 0.6) is 5.88 Å². The van der Waals surface area contributed by atoms with Gasteiger partial charge in [0.15, 0.2) is 11.9 Å². The van der Waals surface area contributed by atoms with Crippen LogP contribution in [0.1, 0.15) is 12.7 Å². The summed E-state index contributed by atoms with van der Waals surface area (Å²) >= 11 is 0. The Morgan fingerprint density at radius 3 is 2.71 bits per heavy atom. The molecular formula is C7H8F3NO3. The van der Waals surface area contributed by atoms with E-state index < -0.39 is 18.9 Å². The van der Waals surface area contributed by atoms with Gasteiger partial charge in [0.25, 0.3) is 5.88 Å². The number of ether oxygens (including phenoxy) is 1. The van der Waals surface area contributed by atoms with E-state index >= 15 is 0 Å². The fourth-order valence-electron chi connectivity index (χ4n) is 0.672. The third-order valence-corrected chi connectivity index (χ3v) is 1.45. The Kier molecular flexibility index (Phi) is 3.00. The van der Waals surface area contributed by atoms with E-state index in [1.165, 1.54) is 0 Å². The van der Waals surface area contributed by atoms with Gasteiger partial charge in [0, 0.05) is 6.07 Å². The summed E-state index contributed by atoms with van der Waals surface area (Å²) < 4.78 is 44.8. The largest absolute Gasteiger partial charge is 0.463 e. The van der Waals surface area contributed by atoms with Gasteiger partial charge in [0.05, 0.1) is 0 Å². The van der Waals surface area contributed by atoms with Crippen LogP contribution in [0.25, 0.3) is 0 Å². The van der Waals surface area contributed by atoms with Crippen LogP contribution in [0, 0.1) is 0 Å². The molecule has 0 radical (unpaired) electrons. The molecule has 0 spiro atoms. The maximum absolute atomic E-state index is 12.0. The first kappa shape index (κ1) is 10.8. The summed E-state index contributed by atoms with van der Waals surface area (Å²) in [4.78, 5) is 0. The number of aliphatic hydroxyl groups is 1. The average molecular weight is 211 g/mol. The lowest BCUT2D eigenvalue weighted by molar-refractivity contribution is -0.190. The van der Waals surface area contributed by atoms with Crippen LogP contribution < -0.4 is 4.74 Å². The predicted octanol–water partition coefficient (Wildman–Crippen LogP) is 1.50. The van der Waals surface area contributed by atoms with Crippen LogP contribution >= 0.6 is 0 Å². The van der Waals surface area contributed by atoms with Crippen molar-refractivity contribution >= 4 is 0 Å². The van der Waals surface area contributed by atoms with E-state index in [9.17, 15) is 13.2 Å². The lowest BCUT2D eigenvalue weighted by Crippen LogP contribution is -2.31. The Morgan fingerprint density at radius 1 is 1.64 bits per heavy atom. The fourth-order valence-corrected chi connectivity index (χ4v) is 0.672. The van der Waals surface area contributed by atoms with E-state index in [2.05, 4.69) is 14.4 Å². The maximum Gasteiger partial charge on any atom is 0.425 e. The van der Waals surface area contributed by atoms with Crippen LogP contribution in [0.3, 0.4) is 0 Å². The molecule has 1 rings (SSSR count). The van der Waals surface area contributed by atoms with E-state index in [0.717, 1.165) is 13.0 Å². The van der Waals surface area contributed by atoms with Gasteiger partial charge in [-0.2, -0.15) is 13.2 Å². The van der Waals surface area contributed by atoms with E-state index in [0.29, 0.717) is 0 Å². The van der Waals surface area contributed by atoms with Gasteiger partial charge in [0.2, 0.25) is 0 Å². The lowest BCUT2D eigenvalue weighted by atomic mass is 10.4. The fraction of sp³-hybridized carbons (Fsp3) is 0.571. The molecule has 1 atom stereocenters. The molecule has 80 valence electrons. The Morgan fingerprint density at radius 2 is 2.29 bits per heavy atom. The van der Waals surface area contributed by atoms with Crippen molar-refractivity contribution in [2.75, 3.05) is 0 Å². The third-order valence-electron chi connectivity index (χ3n) is 1.45. The molecule has 1 aromatic rings. The second-order valence-corrected chi connectivity index (χ2v) is 2.59. The summed E-state index contributed by atoms with van der Waals surface area (Å²) in [6.45, 7) is 0.421. The van der Waals surface area contributed by atoms with Crippen molar-refractivity contribution in [3.05, 3.63) is 11.8 Å². The predicted molar refractivity (Wildman–Crippen MR) is 38.6 cm³/mol. The minimum absolute atomic E-state index is 0.0503. The molecule has 7 heteroatoms. The highest BCUT2D eigenvalue weighted by molar-refractivity contribution is 5.10. The van der Waals surface area contributed by atoms with Crippen LogP contribution in [0.15, 0.2) is 10.6 Å². The molecule has 14 heavy (non-hydrogen) atoms. The third kappa shape index (κ3) is 2.63. The second-order valence-electron chi connectivity index (χ2n) is 2.59. The topological polar surface area (TPSA) is 55.5 Å². The molecule has 1 aromatic heterocycles. The lowest BCUT2D eigenvalue weighted by Gasteiger charge is -2.14. The Hall–Kier alpha value is -1.24. The zero-order valence-corrected chi connectivity index (χ0v) is 7.21. The van der Waals surface area contributed by atoms with Gasteiger partial charge in [-0.25, -0.2) is 0 Å². The quantitative estimate of drug-likeness (QED) is 0.822. The zero-order valence-electron chi connectivity index (χ0n) is 7.21. The van der Waals surface area contributed by atoms with E-state index in [1.807, 2.05) is 0 Å². The minimum Gasteiger partial charge on any atom is -0.463 e. The summed E-state index contributed by atoms with van der Waals surface area (Å²) in [5.41, 5.74) is 0. The van der Waals surface area contributed by atoms with Gasteiger partial charge in [-0.1, -0.05) is 0 Å². The second kappa shape index (κ2) is 3.87. The number of alkyl halides is 3. The Balaban J connectivity index is 2.60. The summed E-state index contributed by atoms with van der Waals surface area (Å²) in [6, 6.07) is 1.10. The number of halogens is 3. The summed E-state index contributed by atoms with van der Waals surface area (Å²) in [6.07, 6.45) is -6.41. The number of rotatable bonds is 3. The molecule has 0 aliphatic heterocycles. The van der Waals surface area contributed by atoms with Gasteiger partial charge in [-0.3, -0.25) is 0 Å². The Bertz CT molecular complexity index is 297. The van der Waals surface area contributed by atoms with Crippen molar-refractivity contribution in [3.63, 3.8) is 0 Å². The molecule has 0 aliphatic carbocycles. The number of hydrogen-bond acceptors (Lipinski definition) is 4. The minimum atomic E-state index is -4.45. The van der Waals surface area contributed by atoms with Crippen molar-refractivity contribution in [3.8, 4) is 5.88 Å².